The quantitative estimate of drug-likeness (QED) is 0.331. The lowest BCUT2D eigenvalue weighted by Gasteiger charge is -2.10. The Hall–Kier alpha value is -1.80. The fraction of sp³-hybridized carbons (Fsp3) is 0. The van der Waals surface area contributed by atoms with Gasteiger partial charge in [-0.15, -0.1) is 0 Å². The van der Waals surface area contributed by atoms with E-state index >= 15 is 0 Å². The Morgan fingerprint density at radius 3 is 1.38 bits per heavy atom. The summed E-state index contributed by atoms with van der Waals surface area (Å²) in [6, 6.07) is 7.31. The molecule has 86 valence electrons. The number of hydrazine groups is 2. The molecule has 8 heteroatoms. The summed E-state index contributed by atoms with van der Waals surface area (Å²) in [5.41, 5.74) is 23.0. The third kappa shape index (κ3) is 4.62. The van der Waals surface area contributed by atoms with Crippen LogP contribution in [0.4, 0.5) is 11.4 Å². The molecule has 0 aliphatic rings. The number of hydrogen-bond acceptors (Lipinski definition) is 4. The minimum atomic E-state index is 0.178. The Kier molecular flexibility index (Phi) is 4.55. The third-order valence-corrected chi connectivity index (χ3v) is 1.75. The summed E-state index contributed by atoms with van der Waals surface area (Å²) in [7, 11) is 0. The van der Waals surface area contributed by atoms with Gasteiger partial charge in [0.15, 0.2) is 10.2 Å². The van der Waals surface area contributed by atoms with Crippen molar-refractivity contribution in [2.45, 2.75) is 0 Å². The van der Waals surface area contributed by atoms with E-state index in [9.17, 15) is 0 Å². The van der Waals surface area contributed by atoms with E-state index in [-0.39, 0.29) is 10.2 Å². The molecule has 1 aromatic rings. The summed E-state index contributed by atoms with van der Waals surface area (Å²) < 4.78 is 0. The van der Waals surface area contributed by atoms with Gasteiger partial charge in [0.25, 0.3) is 0 Å². The van der Waals surface area contributed by atoms with Crippen LogP contribution >= 0.6 is 24.4 Å². The molecule has 0 aliphatic carbocycles. The van der Waals surface area contributed by atoms with E-state index in [2.05, 4.69) is 46.1 Å². The van der Waals surface area contributed by atoms with Crippen LogP contribution in [-0.2, 0) is 0 Å². The standard InChI is InChI=1S/C8H12N6S2/c9-7(15)13-11-5-1-2-6(4-3-5)12-14-8(10)16/h1-4,11-12H,(H3,9,13,15)(H3,10,14,16). The van der Waals surface area contributed by atoms with Crippen LogP contribution < -0.4 is 33.2 Å². The highest BCUT2D eigenvalue weighted by atomic mass is 32.1. The Bertz CT molecular complexity index is 340. The molecule has 0 unspecified atom stereocenters. The average molecular weight is 256 g/mol. The summed E-state index contributed by atoms with van der Waals surface area (Å²) in [5, 5.41) is 0.356. The molecule has 8 N–H and O–H groups in total. The van der Waals surface area contributed by atoms with Crippen molar-refractivity contribution >= 4 is 46.0 Å². The number of hydrogen-bond donors (Lipinski definition) is 6. The third-order valence-electron chi connectivity index (χ3n) is 1.54. The average Bonchev–Trinajstić information content (AvgIpc) is 2.25. The molecule has 6 nitrogen and oxygen atoms in total. The van der Waals surface area contributed by atoms with Crippen LogP contribution in [0.2, 0.25) is 0 Å². The molecule has 0 atom stereocenters. The predicted molar refractivity (Wildman–Crippen MR) is 73.5 cm³/mol. The van der Waals surface area contributed by atoms with E-state index in [1.54, 1.807) is 0 Å². The molecule has 0 heterocycles. The van der Waals surface area contributed by atoms with Gasteiger partial charge in [0.05, 0.1) is 11.4 Å². The van der Waals surface area contributed by atoms with Gasteiger partial charge >= 0.3 is 0 Å². The molecule has 1 rings (SSSR count). The van der Waals surface area contributed by atoms with Gasteiger partial charge in [-0.2, -0.15) is 0 Å². The minimum absolute atomic E-state index is 0.178. The van der Waals surface area contributed by atoms with E-state index in [1.165, 1.54) is 0 Å². The van der Waals surface area contributed by atoms with Gasteiger partial charge in [-0.3, -0.25) is 21.7 Å². The number of nitrogens with one attached hydrogen (secondary N) is 4. The topological polar surface area (TPSA) is 100 Å². The van der Waals surface area contributed by atoms with Crippen molar-refractivity contribution in [1.82, 2.24) is 10.9 Å². The van der Waals surface area contributed by atoms with E-state index < -0.39 is 0 Å². The molecule has 0 spiro atoms. The number of rotatable bonds is 4. The zero-order valence-corrected chi connectivity index (χ0v) is 9.91. The van der Waals surface area contributed by atoms with Crippen molar-refractivity contribution in [3.63, 3.8) is 0 Å². The van der Waals surface area contributed by atoms with Crippen LogP contribution in [0, 0.1) is 0 Å². The van der Waals surface area contributed by atoms with Crippen molar-refractivity contribution < 1.29 is 0 Å². The molecule has 0 saturated carbocycles. The fourth-order valence-corrected chi connectivity index (χ4v) is 1.01. The second kappa shape index (κ2) is 5.93. The Morgan fingerprint density at radius 2 is 1.12 bits per heavy atom. The van der Waals surface area contributed by atoms with Crippen molar-refractivity contribution in [1.29, 1.82) is 0 Å². The molecule has 0 saturated heterocycles. The van der Waals surface area contributed by atoms with Crippen molar-refractivity contribution in [2.75, 3.05) is 10.9 Å². The van der Waals surface area contributed by atoms with E-state index in [1.807, 2.05) is 24.3 Å². The lowest BCUT2D eigenvalue weighted by Crippen LogP contribution is -2.34. The monoisotopic (exact) mass is 256 g/mol. The highest BCUT2D eigenvalue weighted by Crippen LogP contribution is 2.11. The minimum Gasteiger partial charge on any atom is -0.375 e. The van der Waals surface area contributed by atoms with Crippen molar-refractivity contribution in [2.24, 2.45) is 11.5 Å². The van der Waals surface area contributed by atoms with Crippen LogP contribution in [0.25, 0.3) is 0 Å². The van der Waals surface area contributed by atoms with Crippen LogP contribution in [0.3, 0.4) is 0 Å². The number of benzene rings is 1. The molecule has 0 bridgehead atoms. The smallest absolute Gasteiger partial charge is 0.182 e. The molecule has 0 fully saturated rings. The largest absolute Gasteiger partial charge is 0.375 e. The first kappa shape index (κ1) is 12.3. The van der Waals surface area contributed by atoms with Crippen LogP contribution in [0.1, 0.15) is 0 Å². The first-order chi connectivity index (χ1) is 7.58. The predicted octanol–water partition coefficient (Wildman–Crippen LogP) is 0.00680. The van der Waals surface area contributed by atoms with Crippen LogP contribution in [0.15, 0.2) is 24.3 Å². The molecular formula is C8H12N6S2. The highest BCUT2D eigenvalue weighted by Gasteiger charge is 1.93. The lowest BCUT2D eigenvalue weighted by atomic mass is 10.3. The van der Waals surface area contributed by atoms with E-state index in [0.29, 0.717) is 0 Å². The number of thiocarbonyl (C=S) groups is 2. The van der Waals surface area contributed by atoms with Crippen molar-refractivity contribution in [3.05, 3.63) is 24.3 Å². The van der Waals surface area contributed by atoms with Gasteiger partial charge in [0.1, 0.15) is 0 Å². The second-order valence-corrected chi connectivity index (χ2v) is 3.69. The van der Waals surface area contributed by atoms with Gasteiger partial charge in [-0.25, -0.2) is 0 Å². The normalized spacial score (nSPS) is 9.00. The molecule has 0 amide bonds. The molecular weight excluding hydrogens is 244 g/mol. The maximum Gasteiger partial charge on any atom is 0.182 e. The Balaban J connectivity index is 2.47. The first-order valence-electron chi connectivity index (χ1n) is 4.31. The maximum atomic E-state index is 5.26. The SMILES string of the molecule is NC(=S)NNc1ccc(NNC(N)=S)cc1. The summed E-state index contributed by atoms with van der Waals surface area (Å²) in [5.74, 6) is 0. The zero-order chi connectivity index (χ0) is 12.0. The fourth-order valence-electron chi connectivity index (χ4n) is 0.904. The van der Waals surface area contributed by atoms with Gasteiger partial charge in [-0.05, 0) is 48.7 Å². The van der Waals surface area contributed by atoms with Crippen molar-refractivity contribution in [3.8, 4) is 0 Å². The zero-order valence-electron chi connectivity index (χ0n) is 8.28. The second-order valence-electron chi connectivity index (χ2n) is 2.81. The van der Waals surface area contributed by atoms with Crippen LogP contribution in [-0.4, -0.2) is 10.2 Å². The number of anilines is 2. The Labute approximate surface area is 104 Å². The summed E-state index contributed by atoms with van der Waals surface area (Å²) in [6.07, 6.45) is 0. The summed E-state index contributed by atoms with van der Waals surface area (Å²) in [6.45, 7) is 0. The maximum absolute atomic E-state index is 5.26. The van der Waals surface area contributed by atoms with Crippen LogP contribution in [0.5, 0.6) is 0 Å². The lowest BCUT2D eigenvalue weighted by molar-refractivity contribution is 1.11. The summed E-state index contributed by atoms with van der Waals surface area (Å²) >= 11 is 9.29. The van der Waals surface area contributed by atoms with Gasteiger partial charge in [-0.1, -0.05) is 0 Å². The first-order valence-corrected chi connectivity index (χ1v) is 5.12. The highest BCUT2D eigenvalue weighted by molar-refractivity contribution is 7.80. The Morgan fingerprint density at radius 1 is 0.812 bits per heavy atom. The molecule has 1 aromatic carbocycles. The van der Waals surface area contributed by atoms with Gasteiger partial charge in [0.2, 0.25) is 0 Å². The molecule has 16 heavy (non-hydrogen) atoms. The molecule has 0 aliphatic heterocycles. The van der Waals surface area contributed by atoms with Gasteiger partial charge < -0.3 is 11.5 Å². The van der Waals surface area contributed by atoms with Gasteiger partial charge in [0, 0.05) is 0 Å². The summed E-state index contributed by atoms with van der Waals surface area (Å²) in [4.78, 5) is 0. The van der Waals surface area contributed by atoms with E-state index in [4.69, 9.17) is 11.5 Å². The number of nitrogens with two attached hydrogens (primary N) is 2. The van der Waals surface area contributed by atoms with E-state index in [0.717, 1.165) is 11.4 Å². The molecule has 0 aromatic heterocycles. The molecule has 0 radical (unpaired) electrons.